The van der Waals surface area contributed by atoms with E-state index in [-0.39, 0.29) is 6.61 Å². The maximum atomic E-state index is 9.86. The predicted octanol–water partition coefficient (Wildman–Crippen LogP) is -0.732. The molecule has 4 nitrogen and oxygen atoms in total. The van der Waals surface area contributed by atoms with Crippen molar-refractivity contribution in [3.8, 4) is 0 Å². The van der Waals surface area contributed by atoms with Crippen LogP contribution in [0, 0.1) is 0 Å². The van der Waals surface area contributed by atoms with E-state index in [4.69, 9.17) is 9.84 Å². The van der Waals surface area contributed by atoms with Gasteiger partial charge in [-0.05, 0) is 13.3 Å². The van der Waals surface area contributed by atoms with Gasteiger partial charge in [0.25, 0.3) is 0 Å². The van der Waals surface area contributed by atoms with Crippen LogP contribution in [-0.4, -0.2) is 45.8 Å². The summed E-state index contributed by atoms with van der Waals surface area (Å²) in [4.78, 5) is 0. The third-order valence-electron chi connectivity index (χ3n) is 2.63. The van der Waals surface area contributed by atoms with Crippen molar-refractivity contribution >= 4 is 0 Å². The number of hydrogen-bond donors (Lipinski definition) is 3. The van der Waals surface area contributed by atoms with Gasteiger partial charge in [0, 0.05) is 0 Å². The summed E-state index contributed by atoms with van der Waals surface area (Å²) in [6.45, 7) is 3.18. The van der Waals surface area contributed by atoms with Crippen molar-refractivity contribution in [2.45, 2.75) is 44.2 Å². The molecule has 0 amide bonds. The van der Waals surface area contributed by atoms with Gasteiger partial charge in [-0.3, -0.25) is 0 Å². The third kappa shape index (κ3) is 1.25. The first-order valence-electron chi connectivity index (χ1n) is 4.23. The highest BCUT2D eigenvalue weighted by atomic mass is 16.6. The fraction of sp³-hybridized carbons (Fsp3) is 1.00. The lowest BCUT2D eigenvalue weighted by Crippen LogP contribution is -2.48. The van der Waals surface area contributed by atoms with Crippen LogP contribution in [0.5, 0.6) is 0 Å². The fourth-order valence-electron chi connectivity index (χ4n) is 1.69. The molecule has 0 radical (unpaired) electrons. The molecule has 0 aromatic heterocycles. The van der Waals surface area contributed by atoms with Crippen LogP contribution in [0.2, 0.25) is 0 Å². The van der Waals surface area contributed by atoms with Crippen molar-refractivity contribution in [3.63, 3.8) is 0 Å². The highest BCUT2D eigenvalue weighted by Crippen LogP contribution is 2.33. The Kier molecular flexibility index (Phi) is 2.73. The van der Waals surface area contributed by atoms with E-state index < -0.39 is 23.9 Å². The molecule has 0 spiro atoms. The van der Waals surface area contributed by atoms with E-state index in [0.717, 1.165) is 0 Å². The number of ether oxygens (including phenoxy) is 1. The first kappa shape index (κ1) is 9.92. The maximum absolute atomic E-state index is 9.86. The molecule has 4 heteroatoms. The van der Waals surface area contributed by atoms with Crippen molar-refractivity contribution in [2.75, 3.05) is 6.61 Å². The molecule has 0 aromatic carbocycles. The Morgan fingerprint density at radius 3 is 2.42 bits per heavy atom. The minimum absolute atomic E-state index is 0.258. The molecule has 3 N–H and O–H groups in total. The topological polar surface area (TPSA) is 69.9 Å². The predicted molar refractivity (Wildman–Crippen MR) is 42.7 cm³/mol. The molecule has 4 atom stereocenters. The summed E-state index contributed by atoms with van der Waals surface area (Å²) < 4.78 is 5.18. The van der Waals surface area contributed by atoms with Crippen molar-refractivity contribution < 1.29 is 20.1 Å². The van der Waals surface area contributed by atoms with E-state index in [0.29, 0.717) is 6.42 Å². The van der Waals surface area contributed by atoms with Gasteiger partial charge in [0.05, 0.1) is 12.7 Å². The molecular formula is C8H16O4. The molecule has 1 aliphatic rings. The zero-order chi connectivity index (χ0) is 9.35. The molecule has 0 saturated carbocycles. The lowest BCUT2D eigenvalue weighted by atomic mass is 9.89. The summed E-state index contributed by atoms with van der Waals surface area (Å²) in [5.74, 6) is 0. The molecule has 1 aliphatic heterocycles. The van der Waals surface area contributed by atoms with Crippen LogP contribution in [0.15, 0.2) is 0 Å². The van der Waals surface area contributed by atoms with Gasteiger partial charge in [-0.2, -0.15) is 0 Å². The van der Waals surface area contributed by atoms with Crippen LogP contribution in [0.25, 0.3) is 0 Å². The van der Waals surface area contributed by atoms with Crippen LogP contribution in [0.1, 0.15) is 20.3 Å². The Morgan fingerprint density at radius 2 is 2.08 bits per heavy atom. The van der Waals surface area contributed by atoms with Crippen molar-refractivity contribution in [2.24, 2.45) is 0 Å². The zero-order valence-electron chi connectivity index (χ0n) is 7.40. The number of rotatable bonds is 2. The molecule has 1 saturated heterocycles. The van der Waals surface area contributed by atoms with Crippen LogP contribution in [0.4, 0.5) is 0 Å². The van der Waals surface area contributed by atoms with Gasteiger partial charge < -0.3 is 20.1 Å². The monoisotopic (exact) mass is 176 g/mol. The molecule has 0 aliphatic carbocycles. The first-order chi connectivity index (χ1) is 5.56. The second kappa shape index (κ2) is 3.30. The molecule has 12 heavy (non-hydrogen) atoms. The van der Waals surface area contributed by atoms with Gasteiger partial charge in [-0.1, -0.05) is 6.92 Å². The standard InChI is InChI=1S/C8H16O4/c1-3-8(11)6(4-9)12-5(2)7(8)10/h5-7,9-11H,3-4H2,1-2H3/t5-,6+,7?,8-/m0/s1. The zero-order valence-corrected chi connectivity index (χ0v) is 7.40. The Morgan fingerprint density at radius 1 is 1.50 bits per heavy atom. The van der Waals surface area contributed by atoms with E-state index >= 15 is 0 Å². The maximum Gasteiger partial charge on any atom is 0.121 e. The summed E-state index contributed by atoms with van der Waals surface area (Å²) in [6, 6.07) is 0. The van der Waals surface area contributed by atoms with Gasteiger partial charge in [0.1, 0.15) is 17.8 Å². The second-order valence-electron chi connectivity index (χ2n) is 3.30. The minimum atomic E-state index is -1.28. The summed E-state index contributed by atoms with van der Waals surface area (Å²) in [5.41, 5.74) is -1.28. The largest absolute Gasteiger partial charge is 0.394 e. The van der Waals surface area contributed by atoms with E-state index in [1.54, 1.807) is 13.8 Å². The van der Waals surface area contributed by atoms with Crippen molar-refractivity contribution in [1.82, 2.24) is 0 Å². The lowest BCUT2D eigenvalue weighted by molar-refractivity contribution is -0.0941. The van der Waals surface area contributed by atoms with Crippen LogP contribution < -0.4 is 0 Å². The number of aliphatic hydroxyl groups is 3. The molecule has 72 valence electrons. The van der Waals surface area contributed by atoms with Crippen molar-refractivity contribution in [1.29, 1.82) is 0 Å². The quantitative estimate of drug-likeness (QED) is 0.518. The minimum Gasteiger partial charge on any atom is -0.394 e. The molecule has 1 fully saturated rings. The molecular weight excluding hydrogens is 160 g/mol. The number of aliphatic hydroxyl groups excluding tert-OH is 2. The fourth-order valence-corrected chi connectivity index (χ4v) is 1.69. The molecule has 1 heterocycles. The van der Waals surface area contributed by atoms with Gasteiger partial charge >= 0.3 is 0 Å². The summed E-state index contributed by atoms with van der Waals surface area (Å²) in [7, 11) is 0. The number of hydrogen-bond acceptors (Lipinski definition) is 4. The Balaban J connectivity index is 2.80. The van der Waals surface area contributed by atoms with Crippen LogP contribution >= 0.6 is 0 Å². The molecule has 1 rings (SSSR count). The van der Waals surface area contributed by atoms with Crippen LogP contribution in [0.3, 0.4) is 0 Å². The van der Waals surface area contributed by atoms with Gasteiger partial charge in [0.2, 0.25) is 0 Å². The summed E-state index contributed by atoms with van der Waals surface area (Å²) in [5, 5.41) is 28.3. The average Bonchev–Trinajstić information content (AvgIpc) is 2.30. The third-order valence-corrected chi connectivity index (χ3v) is 2.63. The lowest BCUT2D eigenvalue weighted by Gasteiger charge is -2.28. The van der Waals surface area contributed by atoms with E-state index in [1.807, 2.05) is 0 Å². The van der Waals surface area contributed by atoms with E-state index in [2.05, 4.69) is 0 Å². The Bertz CT molecular complexity index is 161. The Hall–Kier alpha value is -0.160. The smallest absolute Gasteiger partial charge is 0.121 e. The van der Waals surface area contributed by atoms with Gasteiger partial charge in [-0.25, -0.2) is 0 Å². The molecule has 1 unspecified atom stereocenters. The molecule has 0 aromatic rings. The van der Waals surface area contributed by atoms with E-state index in [9.17, 15) is 10.2 Å². The molecule has 0 bridgehead atoms. The average molecular weight is 176 g/mol. The normalized spacial score (nSPS) is 48.2. The van der Waals surface area contributed by atoms with E-state index in [1.165, 1.54) is 0 Å². The SMILES string of the molecule is CC[C@@]1(O)C(O)[C@H](C)O[C@@H]1CO. The Labute approximate surface area is 71.8 Å². The first-order valence-corrected chi connectivity index (χ1v) is 4.23. The van der Waals surface area contributed by atoms with Gasteiger partial charge in [-0.15, -0.1) is 0 Å². The highest BCUT2D eigenvalue weighted by Gasteiger charge is 2.51. The highest BCUT2D eigenvalue weighted by molar-refractivity contribution is 5.01. The second-order valence-corrected chi connectivity index (χ2v) is 3.30. The summed E-state index contributed by atoms with van der Waals surface area (Å²) in [6.07, 6.45) is -1.59. The van der Waals surface area contributed by atoms with Crippen LogP contribution in [-0.2, 0) is 4.74 Å². The van der Waals surface area contributed by atoms with Crippen molar-refractivity contribution in [3.05, 3.63) is 0 Å². The summed E-state index contributed by atoms with van der Waals surface area (Å²) >= 11 is 0. The van der Waals surface area contributed by atoms with Gasteiger partial charge in [0.15, 0.2) is 0 Å².